The van der Waals surface area contributed by atoms with Crippen molar-refractivity contribution in [2.75, 3.05) is 13.2 Å². The summed E-state index contributed by atoms with van der Waals surface area (Å²) >= 11 is 0. The highest BCUT2D eigenvalue weighted by molar-refractivity contribution is 5.43. The average Bonchev–Trinajstić information content (AvgIpc) is 2.27. The molecule has 1 atom stereocenters. The molecule has 0 aromatic heterocycles. The molecule has 0 saturated carbocycles. The smallest absolute Gasteiger partial charge is 0.161 e. The van der Waals surface area contributed by atoms with Crippen LogP contribution in [-0.2, 0) is 0 Å². The molecule has 1 aromatic rings. The molecule has 0 unspecified atom stereocenters. The highest BCUT2D eigenvalue weighted by Gasteiger charge is 2.12. The van der Waals surface area contributed by atoms with Crippen LogP contribution in [0.15, 0.2) is 18.2 Å². The second-order valence-electron chi connectivity index (χ2n) is 5.25. The van der Waals surface area contributed by atoms with Crippen LogP contribution < -0.4 is 10.1 Å². The Hall–Kier alpha value is -1.46. The summed E-state index contributed by atoms with van der Waals surface area (Å²) in [6.45, 7) is 6.58. The number of β-amino-alcohol motifs (C(OH)–C–C–N with tert-alkyl or cyclic N) is 1. The molecule has 0 amide bonds. The lowest BCUT2D eigenvalue weighted by Crippen LogP contribution is -2.42. The van der Waals surface area contributed by atoms with Gasteiger partial charge in [0.25, 0.3) is 0 Å². The van der Waals surface area contributed by atoms with Gasteiger partial charge in [-0.2, -0.15) is 0 Å². The van der Waals surface area contributed by atoms with Crippen LogP contribution in [0.25, 0.3) is 0 Å². The number of aliphatic hydroxyl groups is 1. The van der Waals surface area contributed by atoms with Crippen molar-refractivity contribution in [1.82, 2.24) is 5.32 Å². The fourth-order valence-electron chi connectivity index (χ4n) is 1.27. The molecule has 0 aliphatic carbocycles. The lowest BCUT2D eigenvalue weighted by atomic mass is 10.1. The van der Waals surface area contributed by atoms with E-state index in [1.54, 1.807) is 0 Å². The van der Waals surface area contributed by atoms with Crippen LogP contribution in [0, 0.1) is 0 Å². The maximum absolute atomic E-state index is 9.70. The molecule has 0 heterocycles. The highest BCUT2D eigenvalue weighted by atomic mass is 16.5. The molecule has 4 N–H and O–H groups in total. The zero-order valence-corrected chi connectivity index (χ0v) is 11.0. The fourth-order valence-corrected chi connectivity index (χ4v) is 1.27. The maximum Gasteiger partial charge on any atom is 0.161 e. The van der Waals surface area contributed by atoms with Gasteiger partial charge in [-0.3, -0.25) is 0 Å². The Kier molecular flexibility index (Phi) is 4.81. The Labute approximate surface area is 107 Å². The molecule has 5 heteroatoms. The van der Waals surface area contributed by atoms with E-state index in [1.165, 1.54) is 18.2 Å². The third-order valence-corrected chi connectivity index (χ3v) is 2.26. The van der Waals surface area contributed by atoms with Crippen molar-refractivity contribution in [2.24, 2.45) is 0 Å². The number of aliphatic hydroxyl groups excluding tert-OH is 1. The highest BCUT2D eigenvalue weighted by Crippen LogP contribution is 2.28. The zero-order chi connectivity index (χ0) is 13.8. The molecule has 0 radical (unpaired) electrons. The van der Waals surface area contributed by atoms with Crippen LogP contribution in [0.5, 0.6) is 17.2 Å². The van der Waals surface area contributed by atoms with Gasteiger partial charge in [0.05, 0.1) is 0 Å². The van der Waals surface area contributed by atoms with E-state index in [0.717, 1.165) is 0 Å². The predicted octanol–water partition coefficient (Wildman–Crippen LogP) is 1.23. The minimum atomic E-state index is -0.639. The summed E-state index contributed by atoms with van der Waals surface area (Å²) in [7, 11) is 0. The molecule has 1 aromatic carbocycles. The van der Waals surface area contributed by atoms with Gasteiger partial charge in [-0.1, -0.05) is 0 Å². The quantitative estimate of drug-likeness (QED) is 0.595. The van der Waals surface area contributed by atoms with Crippen LogP contribution in [0.2, 0.25) is 0 Å². The first kappa shape index (κ1) is 14.6. The van der Waals surface area contributed by atoms with Crippen molar-refractivity contribution in [3.8, 4) is 17.2 Å². The van der Waals surface area contributed by atoms with E-state index < -0.39 is 6.10 Å². The monoisotopic (exact) mass is 255 g/mol. The summed E-state index contributed by atoms with van der Waals surface area (Å²) in [4.78, 5) is 0. The van der Waals surface area contributed by atoms with Crippen molar-refractivity contribution in [1.29, 1.82) is 0 Å². The topological polar surface area (TPSA) is 82.0 Å². The minimum Gasteiger partial charge on any atom is -0.504 e. The SMILES string of the molecule is CC(C)(C)NC[C@H](O)COc1ccc(O)c(O)c1. The van der Waals surface area contributed by atoms with E-state index in [2.05, 4.69) is 5.32 Å². The van der Waals surface area contributed by atoms with Gasteiger partial charge in [0.2, 0.25) is 0 Å². The first-order valence-corrected chi connectivity index (χ1v) is 5.86. The zero-order valence-electron chi connectivity index (χ0n) is 11.0. The minimum absolute atomic E-state index is 0.0578. The summed E-state index contributed by atoms with van der Waals surface area (Å²) in [5.74, 6) is -0.0350. The molecular weight excluding hydrogens is 234 g/mol. The van der Waals surface area contributed by atoms with E-state index in [-0.39, 0.29) is 23.6 Å². The Bertz CT molecular complexity index is 387. The largest absolute Gasteiger partial charge is 0.504 e. The van der Waals surface area contributed by atoms with Crippen LogP contribution in [0.1, 0.15) is 20.8 Å². The molecule has 0 saturated heterocycles. The van der Waals surface area contributed by atoms with Crippen LogP contribution in [-0.4, -0.2) is 40.1 Å². The molecule has 0 spiro atoms. The van der Waals surface area contributed by atoms with E-state index in [4.69, 9.17) is 9.84 Å². The first-order chi connectivity index (χ1) is 8.28. The molecule has 5 nitrogen and oxygen atoms in total. The van der Waals surface area contributed by atoms with Gasteiger partial charge in [0.1, 0.15) is 18.5 Å². The number of benzene rings is 1. The predicted molar refractivity (Wildman–Crippen MR) is 69.0 cm³/mol. The number of rotatable bonds is 5. The van der Waals surface area contributed by atoms with Crippen LogP contribution >= 0.6 is 0 Å². The lowest BCUT2D eigenvalue weighted by Gasteiger charge is -2.22. The Balaban J connectivity index is 2.38. The maximum atomic E-state index is 9.70. The summed E-state index contributed by atoms with van der Waals surface area (Å²) in [5.41, 5.74) is -0.0578. The van der Waals surface area contributed by atoms with Gasteiger partial charge >= 0.3 is 0 Å². The van der Waals surface area contributed by atoms with Crippen molar-refractivity contribution in [3.05, 3.63) is 18.2 Å². The number of phenols is 2. The van der Waals surface area contributed by atoms with Gasteiger partial charge in [-0.05, 0) is 32.9 Å². The molecule has 0 fully saturated rings. The molecule has 1 rings (SSSR count). The van der Waals surface area contributed by atoms with Crippen molar-refractivity contribution in [2.45, 2.75) is 32.4 Å². The third-order valence-electron chi connectivity index (χ3n) is 2.26. The van der Waals surface area contributed by atoms with Crippen molar-refractivity contribution < 1.29 is 20.1 Å². The first-order valence-electron chi connectivity index (χ1n) is 5.86. The molecule has 0 bridgehead atoms. The Morgan fingerprint density at radius 3 is 2.44 bits per heavy atom. The summed E-state index contributed by atoms with van der Waals surface area (Å²) in [5, 5.41) is 31.3. The number of hydrogen-bond donors (Lipinski definition) is 4. The van der Waals surface area contributed by atoms with Gasteiger partial charge in [-0.15, -0.1) is 0 Å². The van der Waals surface area contributed by atoms with E-state index in [9.17, 15) is 10.2 Å². The van der Waals surface area contributed by atoms with E-state index in [1.807, 2.05) is 20.8 Å². The fraction of sp³-hybridized carbons (Fsp3) is 0.538. The van der Waals surface area contributed by atoms with Gasteiger partial charge in [0, 0.05) is 18.2 Å². The second kappa shape index (κ2) is 5.93. The van der Waals surface area contributed by atoms with Gasteiger partial charge in [0.15, 0.2) is 11.5 Å². The normalized spacial score (nSPS) is 13.3. The molecule has 102 valence electrons. The molecule has 0 aliphatic heterocycles. The number of nitrogens with one attached hydrogen (secondary N) is 1. The average molecular weight is 255 g/mol. The lowest BCUT2D eigenvalue weighted by molar-refractivity contribution is 0.0999. The number of aromatic hydroxyl groups is 2. The molecule has 18 heavy (non-hydrogen) atoms. The molecule has 0 aliphatic rings. The summed E-state index contributed by atoms with van der Waals surface area (Å²) in [6, 6.07) is 4.17. The van der Waals surface area contributed by atoms with Crippen molar-refractivity contribution >= 4 is 0 Å². The van der Waals surface area contributed by atoms with E-state index >= 15 is 0 Å². The Morgan fingerprint density at radius 2 is 1.89 bits per heavy atom. The second-order valence-corrected chi connectivity index (χ2v) is 5.25. The van der Waals surface area contributed by atoms with Gasteiger partial charge < -0.3 is 25.4 Å². The standard InChI is InChI=1S/C13H21NO4/c1-13(2,3)14-7-9(15)8-18-10-4-5-11(16)12(17)6-10/h4-6,9,14-17H,7-8H2,1-3H3/t9-/m0/s1. The summed E-state index contributed by atoms with van der Waals surface area (Å²) in [6.07, 6.45) is -0.639. The van der Waals surface area contributed by atoms with Crippen LogP contribution in [0.3, 0.4) is 0 Å². The molecular formula is C13H21NO4. The van der Waals surface area contributed by atoms with Gasteiger partial charge in [-0.25, -0.2) is 0 Å². The number of hydrogen-bond acceptors (Lipinski definition) is 5. The van der Waals surface area contributed by atoms with Crippen molar-refractivity contribution in [3.63, 3.8) is 0 Å². The number of phenolic OH excluding ortho intramolecular Hbond substituents is 2. The van der Waals surface area contributed by atoms with E-state index in [0.29, 0.717) is 12.3 Å². The Morgan fingerprint density at radius 1 is 1.22 bits per heavy atom. The third kappa shape index (κ3) is 5.25. The summed E-state index contributed by atoms with van der Waals surface area (Å²) < 4.78 is 5.31. The number of ether oxygens (including phenoxy) is 1. The van der Waals surface area contributed by atoms with Crippen LogP contribution in [0.4, 0.5) is 0 Å².